The summed E-state index contributed by atoms with van der Waals surface area (Å²) in [5.41, 5.74) is 2.07. The second-order valence-electron chi connectivity index (χ2n) is 5.75. The molecule has 0 saturated carbocycles. The fourth-order valence-corrected chi connectivity index (χ4v) is 3.92. The molecule has 25 heavy (non-hydrogen) atoms. The molecule has 0 radical (unpaired) electrons. The van der Waals surface area contributed by atoms with Crippen LogP contribution in [0.15, 0.2) is 36.4 Å². The van der Waals surface area contributed by atoms with Crippen LogP contribution in [-0.2, 0) is 13.1 Å². The molecule has 3 aromatic rings. The topological polar surface area (TPSA) is 50.2 Å². The van der Waals surface area contributed by atoms with Crippen molar-refractivity contribution in [1.29, 1.82) is 0 Å². The number of hydrogen-bond donors (Lipinski definition) is 1. The Morgan fingerprint density at radius 3 is 2.84 bits per heavy atom. The van der Waals surface area contributed by atoms with Crippen molar-refractivity contribution in [2.75, 3.05) is 13.1 Å². The lowest BCUT2D eigenvalue weighted by molar-refractivity contribution is 0.198. The summed E-state index contributed by atoms with van der Waals surface area (Å²) in [5, 5.41) is 3.00. The van der Waals surface area contributed by atoms with Gasteiger partial charge < -0.3 is 14.8 Å². The fraction of sp³-hybridized carbons (Fsp3) is 0.333. The number of thiophene rings is 1. The van der Waals surface area contributed by atoms with E-state index in [0.717, 1.165) is 26.1 Å². The maximum absolute atomic E-state index is 12.4. The average molecular weight is 377 g/mol. The van der Waals surface area contributed by atoms with Gasteiger partial charge in [-0.15, -0.1) is 11.3 Å². The van der Waals surface area contributed by atoms with Crippen molar-refractivity contribution in [2.45, 2.75) is 26.9 Å². The first-order valence-corrected chi connectivity index (χ1v) is 9.46. The molecule has 0 unspecified atom stereocenters. The maximum Gasteiger partial charge on any atom is 0.317 e. The van der Waals surface area contributed by atoms with E-state index in [1.807, 2.05) is 44.2 Å². The molecule has 0 aliphatic carbocycles. The molecule has 2 amide bonds. The molecule has 0 saturated heterocycles. The summed E-state index contributed by atoms with van der Waals surface area (Å²) in [5.74, 6) is 0.955. The van der Waals surface area contributed by atoms with Crippen molar-refractivity contribution < 1.29 is 4.79 Å². The number of amides is 2. The first-order chi connectivity index (χ1) is 12.1. The average Bonchev–Trinajstić information content (AvgIpc) is 3.15. The minimum Gasteiger partial charge on any atom is -0.336 e. The van der Waals surface area contributed by atoms with Gasteiger partial charge in [-0.3, -0.25) is 0 Å². The van der Waals surface area contributed by atoms with Crippen molar-refractivity contribution in [3.05, 3.63) is 51.4 Å². The Balaban J connectivity index is 1.58. The summed E-state index contributed by atoms with van der Waals surface area (Å²) in [6, 6.07) is 11.8. The van der Waals surface area contributed by atoms with Crippen molar-refractivity contribution >= 4 is 40.0 Å². The van der Waals surface area contributed by atoms with Crippen molar-refractivity contribution in [1.82, 2.24) is 19.8 Å². The quantitative estimate of drug-likeness (QED) is 0.697. The second-order valence-corrected chi connectivity index (χ2v) is 7.55. The van der Waals surface area contributed by atoms with E-state index in [9.17, 15) is 4.79 Å². The summed E-state index contributed by atoms with van der Waals surface area (Å²) in [4.78, 5) is 19.8. The van der Waals surface area contributed by atoms with Gasteiger partial charge in [0.2, 0.25) is 0 Å². The molecule has 2 aromatic heterocycles. The van der Waals surface area contributed by atoms with Gasteiger partial charge in [-0.1, -0.05) is 23.7 Å². The molecule has 0 bridgehead atoms. The number of nitrogens with one attached hydrogen (secondary N) is 1. The van der Waals surface area contributed by atoms with Crippen molar-refractivity contribution in [3.8, 4) is 0 Å². The van der Waals surface area contributed by atoms with Gasteiger partial charge in [-0.25, -0.2) is 9.78 Å². The minimum absolute atomic E-state index is 0.0610. The number of benzene rings is 1. The van der Waals surface area contributed by atoms with Crippen LogP contribution in [0.25, 0.3) is 11.0 Å². The third kappa shape index (κ3) is 4.14. The van der Waals surface area contributed by atoms with E-state index in [0.29, 0.717) is 26.2 Å². The van der Waals surface area contributed by atoms with Crippen molar-refractivity contribution in [2.24, 2.45) is 0 Å². The largest absolute Gasteiger partial charge is 0.336 e. The number of aryl methyl sites for hydroxylation is 1. The molecule has 1 aromatic carbocycles. The zero-order chi connectivity index (χ0) is 17.8. The number of urea groups is 1. The number of nitrogens with zero attached hydrogens (tertiary/aromatic N) is 3. The zero-order valence-electron chi connectivity index (χ0n) is 14.3. The van der Waals surface area contributed by atoms with Crippen LogP contribution in [0.1, 0.15) is 17.6 Å². The van der Waals surface area contributed by atoms with Crippen LogP contribution in [-0.4, -0.2) is 33.6 Å². The van der Waals surface area contributed by atoms with Gasteiger partial charge in [0.25, 0.3) is 0 Å². The summed E-state index contributed by atoms with van der Waals surface area (Å²) in [6.07, 6.45) is 0. The zero-order valence-corrected chi connectivity index (χ0v) is 15.9. The number of fused-ring (bicyclic) bond motifs is 1. The Morgan fingerprint density at radius 1 is 1.32 bits per heavy atom. The molecule has 7 heteroatoms. The fourth-order valence-electron chi connectivity index (χ4n) is 2.82. The van der Waals surface area contributed by atoms with Gasteiger partial charge in [-0.05, 0) is 38.1 Å². The highest BCUT2D eigenvalue weighted by atomic mass is 35.5. The van der Waals surface area contributed by atoms with Crippen LogP contribution in [0.3, 0.4) is 0 Å². The molecule has 5 nitrogen and oxygen atoms in total. The third-order valence-corrected chi connectivity index (χ3v) is 5.32. The molecule has 0 fully saturated rings. The van der Waals surface area contributed by atoms with E-state index in [2.05, 4.69) is 20.9 Å². The van der Waals surface area contributed by atoms with Gasteiger partial charge in [0.15, 0.2) is 0 Å². The van der Waals surface area contributed by atoms with E-state index < -0.39 is 0 Å². The van der Waals surface area contributed by atoms with Gasteiger partial charge in [0, 0.05) is 24.5 Å². The summed E-state index contributed by atoms with van der Waals surface area (Å²) < 4.78 is 2.87. The lowest BCUT2D eigenvalue weighted by atomic mass is 10.3. The number of carbonyl (C=O) groups excluding carboxylic acids is 1. The molecule has 3 rings (SSSR count). The number of imidazole rings is 1. The van der Waals surface area contributed by atoms with Crippen LogP contribution < -0.4 is 5.32 Å². The first-order valence-electron chi connectivity index (χ1n) is 8.27. The maximum atomic E-state index is 12.4. The minimum atomic E-state index is -0.0610. The van der Waals surface area contributed by atoms with Gasteiger partial charge >= 0.3 is 6.03 Å². The van der Waals surface area contributed by atoms with E-state index in [1.54, 1.807) is 4.90 Å². The third-order valence-electron chi connectivity index (χ3n) is 4.10. The summed E-state index contributed by atoms with van der Waals surface area (Å²) >= 11 is 7.47. The number of para-hydroxylation sites is 2. The number of carbonyl (C=O) groups is 1. The molecule has 1 N–H and O–H groups in total. The predicted molar refractivity (Wildman–Crippen MR) is 103 cm³/mol. The van der Waals surface area contributed by atoms with Crippen LogP contribution in [0.2, 0.25) is 4.34 Å². The molecule has 2 heterocycles. The van der Waals surface area contributed by atoms with E-state index >= 15 is 0 Å². The molecule has 0 spiro atoms. The smallest absolute Gasteiger partial charge is 0.317 e. The molecule has 0 aliphatic rings. The second kappa shape index (κ2) is 7.89. The standard InChI is InChI=1S/C18H21ClN4OS/c1-3-22(12-14-8-9-17(19)25-14)18(24)20-10-11-23-13(2)21-15-6-4-5-7-16(15)23/h4-9H,3,10-12H2,1-2H3,(H,20,24). The highest BCUT2D eigenvalue weighted by molar-refractivity contribution is 7.16. The Morgan fingerprint density at radius 2 is 2.12 bits per heavy atom. The monoisotopic (exact) mass is 376 g/mol. The van der Waals surface area contributed by atoms with Gasteiger partial charge in [0.05, 0.1) is 21.9 Å². The van der Waals surface area contributed by atoms with Crippen LogP contribution in [0, 0.1) is 6.92 Å². The highest BCUT2D eigenvalue weighted by Gasteiger charge is 2.13. The number of hydrogen-bond acceptors (Lipinski definition) is 3. The van der Waals surface area contributed by atoms with Gasteiger partial charge in [0.1, 0.15) is 5.82 Å². The summed E-state index contributed by atoms with van der Waals surface area (Å²) in [6.45, 7) is 6.44. The van der Waals surface area contributed by atoms with Gasteiger partial charge in [-0.2, -0.15) is 0 Å². The van der Waals surface area contributed by atoms with Crippen LogP contribution >= 0.6 is 22.9 Å². The Kier molecular flexibility index (Phi) is 5.60. The van der Waals surface area contributed by atoms with Crippen LogP contribution in [0.5, 0.6) is 0 Å². The van der Waals surface area contributed by atoms with E-state index in [4.69, 9.17) is 11.6 Å². The van der Waals surface area contributed by atoms with Crippen molar-refractivity contribution in [3.63, 3.8) is 0 Å². The normalized spacial score (nSPS) is 11.0. The molecular formula is C18H21ClN4OS. The lowest BCUT2D eigenvalue weighted by Gasteiger charge is -2.21. The molecule has 0 aliphatic heterocycles. The highest BCUT2D eigenvalue weighted by Crippen LogP contribution is 2.22. The molecule has 132 valence electrons. The first kappa shape index (κ1) is 17.8. The van der Waals surface area contributed by atoms with E-state index in [1.165, 1.54) is 11.3 Å². The number of rotatable bonds is 6. The summed E-state index contributed by atoms with van der Waals surface area (Å²) in [7, 11) is 0. The van der Waals surface area contributed by atoms with E-state index in [-0.39, 0.29) is 6.03 Å². The predicted octanol–water partition coefficient (Wildman–Crippen LogP) is 4.29. The Hall–Kier alpha value is -2.05. The SMILES string of the molecule is CCN(Cc1ccc(Cl)s1)C(=O)NCCn1c(C)nc2ccccc21. The molecular weight excluding hydrogens is 356 g/mol. The number of aromatic nitrogens is 2. The lowest BCUT2D eigenvalue weighted by Crippen LogP contribution is -2.40. The molecule has 0 atom stereocenters. The van der Waals surface area contributed by atoms with Crippen LogP contribution in [0.4, 0.5) is 4.79 Å². The Bertz CT molecular complexity index is 873. The number of halogens is 1. The Labute approximate surface area is 156 Å².